The van der Waals surface area contributed by atoms with E-state index in [2.05, 4.69) is 27.2 Å². The maximum atomic E-state index is 13.0. The molecule has 3 heterocycles. The van der Waals surface area contributed by atoms with Crippen molar-refractivity contribution in [2.45, 2.75) is 38.5 Å². The summed E-state index contributed by atoms with van der Waals surface area (Å²) >= 11 is 0. The van der Waals surface area contributed by atoms with Gasteiger partial charge in [0.25, 0.3) is 0 Å². The van der Waals surface area contributed by atoms with Crippen LogP contribution in [-0.2, 0) is 6.54 Å². The Hall–Kier alpha value is -2.67. The summed E-state index contributed by atoms with van der Waals surface area (Å²) in [5.74, 6) is 0.702. The molecule has 2 aromatic rings. The smallest absolute Gasteiger partial charge is 0.318 e. The number of carbonyl (C=O) groups excluding carboxylic acids is 1. The van der Waals surface area contributed by atoms with Crippen LogP contribution in [0.15, 0.2) is 49.1 Å². The number of carbonyl (C=O) groups is 1. The lowest BCUT2D eigenvalue weighted by Crippen LogP contribution is -2.51. The van der Waals surface area contributed by atoms with Crippen molar-refractivity contribution in [2.75, 3.05) is 26.7 Å². The lowest BCUT2D eigenvalue weighted by atomic mass is 10.0. The molecule has 28 heavy (non-hydrogen) atoms. The van der Waals surface area contributed by atoms with Crippen molar-refractivity contribution >= 4 is 6.03 Å². The first kappa shape index (κ1) is 20.1. The van der Waals surface area contributed by atoms with Crippen molar-refractivity contribution in [3.63, 3.8) is 0 Å². The molecule has 0 saturated carbocycles. The molecule has 2 amide bonds. The van der Waals surface area contributed by atoms with Gasteiger partial charge in [0.2, 0.25) is 0 Å². The third-order valence-electron chi connectivity index (χ3n) is 5.00. The molecule has 0 radical (unpaired) electrons. The molecule has 2 aromatic heterocycles. The topological polar surface area (TPSA) is 70.6 Å². The summed E-state index contributed by atoms with van der Waals surface area (Å²) in [5, 5.41) is 3.04. The quantitative estimate of drug-likeness (QED) is 0.796. The Bertz CT molecular complexity index is 720. The third-order valence-corrected chi connectivity index (χ3v) is 5.00. The van der Waals surface area contributed by atoms with Crippen molar-refractivity contribution in [2.24, 2.45) is 0 Å². The molecule has 3 rings (SSSR count). The van der Waals surface area contributed by atoms with Crippen LogP contribution < -0.4 is 10.1 Å². The Morgan fingerprint density at radius 2 is 2.00 bits per heavy atom. The van der Waals surface area contributed by atoms with Crippen LogP contribution in [0.1, 0.15) is 25.3 Å². The Morgan fingerprint density at radius 1 is 1.25 bits per heavy atom. The van der Waals surface area contributed by atoms with E-state index in [0.29, 0.717) is 18.8 Å². The highest BCUT2D eigenvalue weighted by Gasteiger charge is 2.27. The summed E-state index contributed by atoms with van der Waals surface area (Å²) in [4.78, 5) is 25.4. The minimum absolute atomic E-state index is 0.0481. The van der Waals surface area contributed by atoms with Gasteiger partial charge in [0.1, 0.15) is 11.9 Å². The number of rotatable bonds is 7. The van der Waals surface area contributed by atoms with Crippen molar-refractivity contribution in [3.05, 3.63) is 54.6 Å². The number of ether oxygens (including phenoxy) is 1. The van der Waals surface area contributed by atoms with Crippen molar-refractivity contribution in [3.8, 4) is 5.75 Å². The van der Waals surface area contributed by atoms with Gasteiger partial charge < -0.3 is 19.9 Å². The van der Waals surface area contributed by atoms with Crippen LogP contribution in [0.4, 0.5) is 4.79 Å². The van der Waals surface area contributed by atoms with Crippen LogP contribution >= 0.6 is 0 Å². The fourth-order valence-corrected chi connectivity index (χ4v) is 3.38. The van der Waals surface area contributed by atoms with Gasteiger partial charge in [0, 0.05) is 31.2 Å². The molecule has 7 nitrogen and oxygen atoms in total. The van der Waals surface area contributed by atoms with E-state index in [0.717, 1.165) is 31.5 Å². The lowest BCUT2D eigenvalue weighted by Gasteiger charge is -2.37. The normalized spacial score (nSPS) is 16.4. The van der Waals surface area contributed by atoms with Gasteiger partial charge in [-0.25, -0.2) is 4.79 Å². The molecule has 1 aliphatic rings. The first-order valence-corrected chi connectivity index (χ1v) is 9.80. The van der Waals surface area contributed by atoms with Gasteiger partial charge in [0.05, 0.1) is 12.7 Å². The molecule has 1 N–H and O–H groups in total. The predicted octanol–water partition coefficient (Wildman–Crippen LogP) is 2.55. The van der Waals surface area contributed by atoms with Crippen molar-refractivity contribution in [1.29, 1.82) is 0 Å². The van der Waals surface area contributed by atoms with Gasteiger partial charge in [-0.3, -0.25) is 9.97 Å². The van der Waals surface area contributed by atoms with Gasteiger partial charge in [0.15, 0.2) is 0 Å². The van der Waals surface area contributed by atoms with E-state index in [-0.39, 0.29) is 18.2 Å². The average Bonchev–Trinajstić information content (AvgIpc) is 2.72. The third kappa shape index (κ3) is 5.92. The maximum Gasteiger partial charge on any atom is 0.318 e. The number of amides is 2. The van der Waals surface area contributed by atoms with Gasteiger partial charge >= 0.3 is 6.03 Å². The minimum Gasteiger partial charge on any atom is -0.487 e. The highest BCUT2D eigenvalue weighted by atomic mass is 16.5. The molecule has 7 heteroatoms. The van der Waals surface area contributed by atoms with Crippen LogP contribution in [0.2, 0.25) is 0 Å². The zero-order chi connectivity index (χ0) is 19.8. The predicted molar refractivity (Wildman–Crippen MR) is 108 cm³/mol. The first-order chi connectivity index (χ1) is 13.6. The molecule has 0 aromatic carbocycles. The van der Waals surface area contributed by atoms with Crippen molar-refractivity contribution in [1.82, 2.24) is 25.1 Å². The summed E-state index contributed by atoms with van der Waals surface area (Å²) in [6.07, 6.45) is 8.74. The Balaban J connectivity index is 1.59. The maximum absolute atomic E-state index is 13.0. The second-order valence-corrected chi connectivity index (χ2v) is 7.32. The molecule has 0 spiro atoms. The fourth-order valence-electron chi connectivity index (χ4n) is 3.38. The minimum atomic E-state index is -0.145. The average molecular weight is 383 g/mol. The molecule has 1 atom stereocenters. The number of likely N-dealkylation sites (tertiary alicyclic amines) is 1. The SMILES string of the molecule is C[C@@H](CNC(=O)N(Cc1ccncc1)C1CCN(C)CC1)Oc1cccnc1. The van der Waals surface area contributed by atoms with Crippen LogP contribution in [-0.4, -0.2) is 64.6 Å². The number of hydrogen-bond acceptors (Lipinski definition) is 5. The van der Waals surface area contributed by atoms with Gasteiger partial charge in [-0.05, 0) is 69.7 Å². The second kappa shape index (κ2) is 10.0. The number of urea groups is 1. The molecule has 1 saturated heterocycles. The van der Waals surface area contributed by atoms with E-state index in [1.165, 1.54) is 0 Å². The molecule has 1 aliphatic heterocycles. The first-order valence-electron chi connectivity index (χ1n) is 9.80. The van der Waals surface area contributed by atoms with E-state index < -0.39 is 0 Å². The van der Waals surface area contributed by atoms with Crippen LogP contribution in [0.25, 0.3) is 0 Å². The van der Waals surface area contributed by atoms with E-state index >= 15 is 0 Å². The van der Waals surface area contributed by atoms with E-state index in [4.69, 9.17) is 4.74 Å². The van der Waals surface area contributed by atoms with Crippen LogP contribution in [0, 0.1) is 0 Å². The summed E-state index contributed by atoms with van der Waals surface area (Å²) in [6, 6.07) is 7.80. The Kier molecular flexibility index (Phi) is 7.19. The molecule has 0 bridgehead atoms. The van der Waals surface area contributed by atoms with Crippen LogP contribution in [0.3, 0.4) is 0 Å². The number of nitrogens with zero attached hydrogens (tertiary/aromatic N) is 4. The lowest BCUT2D eigenvalue weighted by molar-refractivity contribution is 0.123. The summed E-state index contributed by atoms with van der Waals surface area (Å²) < 4.78 is 5.81. The fraction of sp³-hybridized carbons (Fsp3) is 0.476. The zero-order valence-electron chi connectivity index (χ0n) is 16.6. The summed E-state index contributed by atoms with van der Waals surface area (Å²) in [7, 11) is 2.13. The number of hydrogen-bond donors (Lipinski definition) is 1. The van der Waals surface area contributed by atoms with E-state index in [1.54, 1.807) is 24.8 Å². The zero-order valence-corrected chi connectivity index (χ0v) is 16.6. The van der Waals surface area contributed by atoms with Crippen LogP contribution in [0.5, 0.6) is 5.75 Å². The number of piperidine rings is 1. The highest BCUT2D eigenvalue weighted by Crippen LogP contribution is 2.18. The van der Waals surface area contributed by atoms with Gasteiger partial charge in [-0.2, -0.15) is 0 Å². The van der Waals surface area contributed by atoms with E-state index in [9.17, 15) is 4.79 Å². The Labute approximate surface area is 166 Å². The molecular formula is C21H29N5O2. The monoisotopic (exact) mass is 383 g/mol. The summed E-state index contributed by atoms with van der Waals surface area (Å²) in [6.45, 7) is 4.97. The van der Waals surface area contributed by atoms with E-state index in [1.807, 2.05) is 36.1 Å². The number of aromatic nitrogens is 2. The van der Waals surface area contributed by atoms with Gasteiger partial charge in [-0.15, -0.1) is 0 Å². The molecule has 0 unspecified atom stereocenters. The largest absolute Gasteiger partial charge is 0.487 e. The Morgan fingerprint density at radius 3 is 2.68 bits per heavy atom. The molecule has 1 fully saturated rings. The molecular weight excluding hydrogens is 354 g/mol. The number of nitrogens with one attached hydrogen (secondary N) is 1. The standard InChI is InChI=1S/C21H29N5O2/c1-17(28-20-4-3-9-23-15-20)14-24-21(27)26(16-18-5-10-22-11-6-18)19-7-12-25(2)13-8-19/h3-6,9-11,15,17,19H,7-8,12-14,16H2,1-2H3,(H,24,27)/t17-/m0/s1. The summed E-state index contributed by atoms with van der Waals surface area (Å²) in [5.41, 5.74) is 1.09. The second-order valence-electron chi connectivity index (χ2n) is 7.32. The van der Waals surface area contributed by atoms with Crippen molar-refractivity contribution < 1.29 is 9.53 Å². The molecule has 0 aliphatic carbocycles. The molecule has 150 valence electrons. The van der Waals surface area contributed by atoms with Gasteiger partial charge in [-0.1, -0.05) is 0 Å². The number of pyridine rings is 2. The highest BCUT2D eigenvalue weighted by molar-refractivity contribution is 5.74.